The molecule has 1 N–H and O–H groups in total. The predicted octanol–water partition coefficient (Wildman–Crippen LogP) is 1.27. The van der Waals surface area contributed by atoms with Gasteiger partial charge >= 0.3 is 11.9 Å². The fraction of sp³-hybridized carbons (Fsp3) is 0.273. The first-order chi connectivity index (χ1) is 7.52. The number of carbonyl (C=O) groups is 2. The van der Waals surface area contributed by atoms with E-state index in [0.717, 1.165) is 0 Å². The third kappa shape index (κ3) is 1.98. The molecule has 0 aliphatic rings. The summed E-state index contributed by atoms with van der Waals surface area (Å²) in [6, 6.07) is 2.93. The van der Waals surface area contributed by atoms with Crippen molar-refractivity contribution in [3.05, 3.63) is 28.8 Å². The van der Waals surface area contributed by atoms with Crippen molar-refractivity contribution in [3.8, 4) is 5.75 Å². The van der Waals surface area contributed by atoms with Crippen molar-refractivity contribution < 1.29 is 24.2 Å². The van der Waals surface area contributed by atoms with E-state index in [4.69, 9.17) is 0 Å². The van der Waals surface area contributed by atoms with Gasteiger partial charge in [-0.3, -0.25) is 0 Å². The number of aromatic hydroxyl groups is 1. The molecule has 0 unspecified atom stereocenters. The van der Waals surface area contributed by atoms with Crippen LogP contribution >= 0.6 is 0 Å². The van der Waals surface area contributed by atoms with E-state index >= 15 is 0 Å². The lowest BCUT2D eigenvalue weighted by molar-refractivity contribution is 0.0552. The van der Waals surface area contributed by atoms with Gasteiger partial charge in [-0.05, 0) is 18.6 Å². The van der Waals surface area contributed by atoms with Gasteiger partial charge in [-0.15, -0.1) is 0 Å². The number of ether oxygens (including phenoxy) is 2. The molecular formula is C11H12O5. The Morgan fingerprint density at radius 1 is 1.12 bits per heavy atom. The van der Waals surface area contributed by atoms with Crippen molar-refractivity contribution in [1.29, 1.82) is 0 Å². The number of phenols is 1. The van der Waals surface area contributed by atoms with Gasteiger partial charge in [0.2, 0.25) is 0 Å². The maximum atomic E-state index is 11.4. The Labute approximate surface area is 92.6 Å². The van der Waals surface area contributed by atoms with Crippen LogP contribution < -0.4 is 0 Å². The zero-order valence-electron chi connectivity index (χ0n) is 9.23. The number of aryl methyl sites for hydroxylation is 1. The van der Waals surface area contributed by atoms with Crippen LogP contribution in [0.5, 0.6) is 5.75 Å². The van der Waals surface area contributed by atoms with E-state index < -0.39 is 11.9 Å². The van der Waals surface area contributed by atoms with E-state index in [9.17, 15) is 14.7 Å². The summed E-state index contributed by atoms with van der Waals surface area (Å²) < 4.78 is 9.01. The summed E-state index contributed by atoms with van der Waals surface area (Å²) in [4.78, 5) is 22.8. The second-order valence-corrected chi connectivity index (χ2v) is 3.14. The van der Waals surface area contributed by atoms with Gasteiger partial charge in [-0.25, -0.2) is 9.59 Å². The van der Waals surface area contributed by atoms with Crippen molar-refractivity contribution in [1.82, 2.24) is 0 Å². The van der Waals surface area contributed by atoms with Crippen molar-refractivity contribution in [2.45, 2.75) is 6.92 Å². The van der Waals surface area contributed by atoms with E-state index in [1.807, 2.05) is 0 Å². The molecule has 86 valence electrons. The number of methoxy groups -OCH3 is 2. The van der Waals surface area contributed by atoms with Gasteiger partial charge in [0.25, 0.3) is 0 Å². The molecule has 0 radical (unpaired) electrons. The lowest BCUT2D eigenvalue weighted by Gasteiger charge is -2.09. The Kier molecular flexibility index (Phi) is 3.50. The minimum Gasteiger partial charge on any atom is -0.507 e. The molecule has 0 amide bonds. The van der Waals surface area contributed by atoms with Crippen molar-refractivity contribution in [2.24, 2.45) is 0 Å². The number of esters is 2. The molecule has 0 heterocycles. The third-order valence-corrected chi connectivity index (χ3v) is 2.17. The average molecular weight is 224 g/mol. The summed E-state index contributed by atoms with van der Waals surface area (Å²) in [7, 11) is 2.37. The van der Waals surface area contributed by atoms with Gasteiger partial charge in [0.05, 0.1) is 19.8 Å². The van der Waals surface area contributed by atoms with Crippen molar-refractivity contribution >= 4 is 11.9 Å². The van der Waals surface area contributed by atoms with Crippen LogP contribution in [0.1, 0.15) is 26.3 Å². The third-order valence-electron chi connectivity index (χ3n) is 2.17. The summed E-state index contributed by atoms with van der Waals surface area (Å²) >= 11 is 0. The van der Waals surface area contributed by atoms with E-state index in [2.05, 4.69) is 9.47 Å². The number of carbonyl (C=O) groups excluding carboxylic acids is 2. The fourth-order valence-electron chi connectivity index (χ4n) is 1.28. The Balaban J connectivity index is 3.44. The molecule has 1 rings (SSSR count). The zero-order chi connectivity index (χ0) is 12.3. The molecule has 0 saturated heterocycles. The average Bonchev–Trinajstić information content (AvgIpc) is 2.30. The monoisotopic (exact) mass is 224 g/mol. The van der Waals surface area contributed by atoms with Gasteiger partial charge in [0.15, 0.2) is 0 Å². The number of rotatable bonds is 2. The smallest absolute Gasteiger partial charge is 0.342 e. The molecule has 0 aliphatic heterocycles. The molecule has 0 spiro atoms. The highest BCUT2D eigenvalue weighted by molar-refractivity contribution is 6.05. The quantitative estimate of drug-likeness (QED) is 0.766. The van der Waals surface area contributed by atoms with E-state index in [1.54, 1.807) is 6.92 Å². The van der Waals surface area contributed by atoms with Crippen LogP contribution in [0.25, 0.3) is 0 Å². The van der Waals surface area contributed by atoms with Gasteiger partial charge < -0.3 is 14.6 Å². The lowest BCUT2D eigenvalue weighted by atomic mass is 10.0. The molecule has 0 atom stereocenters. The molecule has 16 heavy (non-hydrogen) atoms. The molecular weight excluding hydrogens is 212 g/mol. The Bertz CT molecular complexity index is 436. The molecule has 5 heteroatoms. The SMILES string of the molecule is COC(=O)c1ccc(C)c(O)c1C(=O)OC. The standard InChI is InChI=1S/C11H12O5/c1-6-4-5-7(10(13)15-2)8(9(6)12)11(14)16-3/h4-5,12H,1-3H3. The first kappa shape index (κ1) is 12.0. The topological polar surface area (TPSA) is 72.8 Å². The second kappa shape index (κ2) is 4.65. The van der Waals surface area contributed by atoms with Crippen LogP contribution in [0, 0.1) is 6.92 Å². The predicted molar refractivity (Wildman–Crippen MR) is 55.5 cm³/mol. The maximum absolute atomic E-state index is 11.4. The van der Waals surface area contributed by atoms with Crippen molar-refractivity contribution in [2.75, 3.05) is 14.2 Å². The van der Waals surface area contributed by atoms with Gasteiger partial charge in [-0.1, -0.05) is 6.07 Å². The summed E-state index contributed by atoms with van der Waals surface area (Å²) in [5.41, 5.74) is 0.292. The normalized spacial score (nSPS) is 9.69. The lowest BCUT2D eigenvalue weighted by Crippen LogP contribution is -2.12. The van der Waals surface area contributed by atoms with Crippen molar-refractivity contribution in [3.63, 3.8) is 0 Å². The van der Waals surface area contributed by atoms with Gasteiger partial charge in [0.1, 0.15) is 11.3 Å². The van der Waals surface area contributed by atoms with Crippen LogP contribution in [0.4, 0.5) is 0 Å². The highest BCUT2D eigenvalue weighted by atomic mass is 16.5. The molecule has 0 aliphatic carbocycles. The minimum absolute atomic E-state index is 0.0162. The molecule has 0 saturated carbocycles. The number of hydrogen-bond acceptors (Lipinski definition) is 5. The van der Waals surface area contributed by atoms with Crippen LogP contribution in [-0.2, 0) is 9.47 Å². The molecule has 1 aromatic rings. The number of hydrogen-bond donors (Lipinski definition) is 1. The molecule has 0 bridgehead atoms. The highest BCUT2D eigenvalue weighted by Crippen LogP contribution is 2.26. The summed E-state index contributed by atoms with van der Waals surface area (Å²) in [5, 5.41) is 9.72. The van der Waals surface area contributed by atoms with Crippen LogP contribution in [0.2, 0.25) is 0 Å². The number of phenolic OH excluding ortho intramolecular Hbond substituents is 1. The van der Waals surface area contributed by atoms with Crippen LogP contribution in [0.3, 0.4) is 0 Å². The minimum atomic E-state index is -0.776. The van der Waals surface area contributed by atoms with Gasteiger partial charge in [-0.2, -0.15) is 0 Å². The summed E-state index contributed by atoms with van der Waals surface area (Å²) in [6.07, 6.45) is 0. The first-order valence-electron chi connectivity index (χ1n) is 4.52. The number of benzene rings is 1. The fourth-order valence-corrected chi connectivity index (χ4v) is 1.28. The summed E-state index contributed by atoms with van der Waals surface area (Å²) in [5.74, 6) is -1.74. The summed E-state index contributed by atoms with van der Waals surface area (Å²) in [6.45, 7) is 1.61. The zero-order valence-corrected chi connectivity index (χ0v) is 9.23. The highest BCUT2D eigenvalue weighted by Gasteiger charge is 2.23. The largest absolute Gasteiger partial charge is 0.507 e. The second-order valence-electron chi connectivity index (χ2n) is 3.14. The van der Waals surface area contributed by atoms with E-state index in [-0.39, 0.29) is 16.9 Å². The molecule has 0 aromatic heterocycles. The molecule has 0 fully saturated rings. The van der Waals surface area contributed by atoms with E-state index in [1.165, 1.54) is 26.4 Å². The van der Waals surface area contributed by atoms with Gasteiger partial charge in [0, 0.05) is 0 Å². The van der Waals surface area contributed by atoms with Crippen LogP contribution in [0.15, 0.2) is 12.1 Å². The Hall–Kier alpha value is -2.04. The Morgan fingerprint density at radius 3 is 2.19 bits per heavy atom. The maximum Gasteiger partial charge on any atom is 0.342 e. The Morgan fingerprint density at radius 2 is 1.69 bits per heavy atom. The molecule has 1 aromatic carbocycles. The van der Waals surface area contributed by atoms with Crippen LogP contribution in [-0.4, -0.2) is 31.3 Å². The first-order valence-corrected chi connectivity index (χ1v) is 4.52. The van der Waals surface area contributed by atoms with E-state index in [0.29, 0.717) is 5.56 Å². The molecule has 5 nitrogen and oxygen atoms in total.